The van der Waals surface area contributed by atoms with E-state index < -0.39 is 15.9 Å². The maximum atomic E-state index is 13.1. The average molecular weight is 611 g/mol. The zero-order chi connectivity index (χ0) is 30.4. The molecule has 3 aliphatic rings. The quantitative estimate of drug-likeness (QED) is 0.408. The summed E-state index contributed by atoms with van der Waals surface area (Å²) in [5, 5.41) is 5.64. The van der Waals surface area contributed by atoms with Crippen LogP contribution >= 0.6 is 0 Å². The van der Waals surface area contributed by atoms with Crippen LogP contribution in [0.15, 0.2) is 30.3 Å². The maximum absolute atomic E-state index is 13.1. The van der Waals surface area contributed by atoms with Crippen molar-refractivity contribution in [1.29, 1.82) is 0 Å². The summed E-state index contributed by atoms with van der Waals surface area (Å²) in [6.07, 6.45) is 6.13. The van der Waals surface area contributed by atoms with Gasteiger partial charge in [0.1, 0.15) is 5.69 Å². The van der Waals surface area contributed by atoms with Crippen molar-refractivity contribution in [3.63, 3.8) is 0 Å². The summed E-state index contributed by atoms with van der Waals surface area (Å²) in [5.74, 6) is -0.297. The number of benzene rings is 1. The molecule has 1 saturated carbocycles. The largest absolute Gasteiger partial charge is 0.473 e. The van der Waals surface area contributed by atoms with E-state index in [0.717, 1.165) is 87.8 Å². The Labute approximate surface area is 253 Å². The highest BCUT2D eigenvalue weighted by atomic mass is 32.2. The first-order valence-electron chi connectivity index (χ1n) is 15.2. The number of sulfonamides is 1. The topological polar surface area (TPSA) is 119 Å². The number of pyridine rings is 1. The fourth-order valence-electron chi connectivity index (χ4n) is 6.63. The van der Waals surface area contributed by atoms with Gasteiger partial charge in [-0.25, -0.2) is 22.8 Å². The van der Waals surface area contributed by atoms with Crippen LogP contribution in [0.4, 0.5) is 0 Å². The maximum Gasteiger partial charge on any atom is 0.283 e. The van der Waals surface area contributed by atoms with E-state index in [-0.39, 0.29) is 23.4 Å². The van der Waals surface area contributed by atoms with Crippen LogP contribution in [0.2, 0.25) is 0 Å². The number of nitrogens with zero attached hydrogens (tertiary/aromatic N) is 5. The summed E-state index contributed by atoms with van der Waals surface area (Å²) in [4.78, 5) is 22.7. The average Bonchev–Trinajstić information content (AvgIpc) is 3.30. The predicted molar refractivity (Wildman–Crippen MR) is 165 cm³/mol. The minimum absolute atomic E-state index is 0.0226. The molecule has 232 valence electrons. The van der Waals surface area contributed by atoms with E-state index in [1.807, 2.05) is 18.5 Å². The van der Waals surface area contributed by atoms with Crippen LogP contribution in [0.3, 0.4) is 0 Å². The van der Waals surface area contributed by atoms with E-state index in [0.29, 0.717) is 11.5 Å². The Hall–Kier alpha value is -3.06. The number of aromatic nitrogens is 3. The van der Waals surface area contributed by atoms with Gasteiger partial charge in [0.15, 0.2) is 5.65 Å². The summed E-state index contributed by atoms with van der Waals surface area (Å²) < 4.78 is 39.7. The van der Waals surface area contributed by atoms with Crippen LogP contribution in [0.1, 0.15) is 68.0 Å². The molecule has 1 N–H and O–H groups in total. The van der Waals surface area contributed by atoms with Gasteiger partial charge < -0.3 is 14.4 Å². The molecule has 2 aliphatic heterocycles. The number of hydrogen-bond acceptors (Lipinski definition) is 9. The first-order valence-corrected chi connectivity index (χ1v) is 17.1. The highest BCUT2D eigenvalue weighted by Gasteiger charge is 2.46. The van der Waals surface area contributed by atoms with Crippen molar-refractivity contribution in [1.82, 2.24) is 29.3 Å². The molecule has 0 radical (unpaired) electrons. The molecular formula is C31H42N6O5S. The molecule has 2 saturated heterocycles. The number of piperazine rings is 1. The highest BCUT2D eigenvalue weighted by molar-refractivity contribution is 7.89. The fourth-order valence-corrected chi connectivity index (χ4v) is 7.07. The van der Waals surface area contributed by atoms with E-state index in [2.05, 4.69) is 45.8 Å². The Balaban J connectivity index is 1.42. The van der Waals surface area contributed by atoms with Gasteiger partial charge in [0.05, 0.1) is 42.5 Å². The van der Waals surface area contributed by atoms with Crippen LogP contribution < -0.4 is 9.46 Å². The summed E-state index contributed by atoms with van der Waals surface area (Å²) >= 11 is 0. The summed E-state index contributed by atoms with van der Waals surface area (Å²) in [6, 6.07) is 10.1. The van der Waals surface area contributed by atoms with Gasteiger partial charge in [-0.15, -0.1) is 5.10 Å². The number of rotatable bonds is 8. The van der Waals surface area contributed by atoms with Crippen molar-refractivity contribution >= 4 is 27.0 Å². The molecule has 4 heterocycles. The number of hydrogen-bond donors (Lipinski definition) is 1. The molecule has 1 amide bonds. The van der Waals surface area contributed by atoms with Crippen molar-refractivity contribution in [3.05, 3.63) is 41.6 Å². The molecule has 1 spiro atoms. The van der Waals surface area contributed by atoms with Crippen molar-refractivity contribution in [2.24, 2.45) is 0 Å². The second-order valence-electron chi connectivity index (χ2n) is 12.7. The molecule has 43 heavy (non-hydrogen) atoms. The number of ether oxygens (including phenoxy) is 2. The molecule has 2 aromatic heterocycles. The molecule has 12 heteroatoms. The second-order valence-corrected chi connectivity index (χ2v) is 14.5. The zero-order valence-corrected chi connectivity index (χ0v) is 26.3. The highest BCUT2D eigenvalue weighted by Crippen LogP contribution is 2.39. The van der Waals surface area contributed by atoms with Crippen LogP contribution in [-0.4, -0.2) is 96.7 Å². The van der Waals surface area contributed by atoms with Crippen LogP contribution in [-0.2, 0) is 21.3 Å². The van der Waals surface area contributed by atoms with Crippen LogP contribution in [0.5, 0.6) is 5.88 Å². The Morgan fingerprint density at radius 1 is 1.14 bits per heavy atom. The molecular weight excluding hydrogens is 568 g/mol. The van der Waals surface area contributed by atoms with Crippen molar-refractivity contribution in [3.8, 4) is 17.0 Å². The van der Waals surface area contributed by atoms with Crippen LogP contribution in [0, 0.1) is 0 Å². The van der Waals surface area contributed by atoms with E-state index in [1.165, 1.54) is 12.0 Å². The number of fused-ring (bicyclic) bond motifs is 1. The van der Waals surface area contributed by atoms with Crippen molar-refractivity contribution < 1.29 is 22.7 Å². The lowest BCUT2D eigenvalue weighted by Gasteiger charge is -2.54. The Morgan fingerprint density at radius 3 is 2.49 bits per heavy atom. The van der Waals surface area contributed by atoms with Gasteiger partial charge in [0.2, 0.25) is 15.9 Å². The van der Waals surface area contributed by atoms with Gasteiger partial charge in [-0.3, -0.25) is 9.69 Å². The van der Waals surface area contributed by atoms with Gasteiger partial charge in [-0.05, 0) is 50.9 Å². The third kappa shape index (κ3) is 6.29. The number of carbonyl (C=O) groups is 1. The minimum atomic E-state index is -3.78. The Morgan fingerprint density at radius 2 is 1.86 bits per heavy atom. The minimum Gasteiger partial charge on any atom is -0.473 e. The molecule has 1 aromatic carbocycles. The zero-order valence-electron chi connectivity index (χ0n) is 25.5. The van der Waals surface area contributed by atoms with Gasteiger partial charge >= 0.3 is 0 Å². The normalized spacial score (nSPS) is 20.0. The van der Waals surface area contributed by atoms with Gasteiger partial charge in [0.25, 0.3) is 5.91 Å². The molecule has 3 aromatic rings. The van der Waals surface area contributed by atoms with E-state index in [9.17, 15) is 13.2 Å². The molecule has 3 fully saturated rings. The first kappa shape index (κ1) is 30.0. The van der Waals surface area contributed by atoms with Crippen molar-refractivity contribution in [2.75, 3.05) is 46.2 Å². The SMILES string of the molecule is CC(C)Oc1nn(C2CCCCC2)c2nc(C(=O)NS(C)(=O)=O)cc(-c3ccc(CN4CCN(C)CC45COC5)cc3)c12. The monoisotopic (exact) mass is 610 g/mol. The molecule has 0 atom stereocenters. The number of carbonyl (C=O) groups excluding carboxylic acids is 1. The van der Waals surface area contributed by atoms with E-state index >= 15 is 0 Å². The summed E-state index contributed by atoms with van der Waals surface area (Å²) in [6.45, 7) is 9.27. The molecule has 11 nitrogen and oxygen atoms in total. The van der Waals surface area contributed by atoms with Gasteiger partial charge in [0, 0.05) is 31.7 Å². The van der Waals surface area contributed by atoms with Crippen LogP contribution in [0.25, 0.3) is 22.2 Å². The fraction of sp³-hybridized carbons (Fsp3) is 0.581. The summed E-state index contributed by atoms with van der Waals surface area (Å²) in [7, 11) is -1.61. The third-order valence-corrected chi connectivity index (χ3v) is 9.33. The van der Waals surface area contributed by atoms with Gasteiger partial charge in [-0.2, -0.15) is 0 Å². The van der Waals surface area contributed by atoms with Gasteiger partial charge in [-0.1, -0.05) is 43.5 Å². The number of nitrogens with one attached hydrogen (secondary N) is 1. The lowest BCUT2D eigenvalue weighted by molar-refractivity contribution is -0.169. The van der Waals surface area contributed by atoms with Crippen molar-refractivity contribution in [2.45, 2.75) is 70.2 Å². The number of amides is 1. The van der Waals surface area contributed by atoms with E-state index in [4.69, 9.17) is 19.6 Å². The Bertz CT molecular complexity index is 1590. The molecule has 0 unspecified atom stereocenters. The molecule has 6 rings (SSSR count). The first-order chi connectivity index (χ1) is 20.5. The number of likely N-dealkylation sites (N-methyl/N-ethyl adjacent to an activating group) is 1. The lowest BCUT2D eigenvalue weighted by Crippen LogP contribution is -2.70. The predicted octanol–water partition coefficient (Wildman–Crippen LogP) is 3.60. The lowest BCUT2D eigenvalue weighted by atomic mass is 9.91. The molecule has 0 bridgehead atoms. The standard InChI is InChI=1S/C31H42N6O5S/c1-21(2)42-30-27-25(23-12-10-22(11-13-23)17-36-15-14-35(3)18-31(36)19-41-20-31)16-26(29(38)34-43(4,39)40)32-28(27)37(33-30)24-8-6-5-7-9-24/h10-13,16,21,24H,5-9,14-15,17-20H2,1-4H3,(H,34,38). The summed E-state index contributed by atoms with van der Waals surface area (Å²) in [5.41, 5.74) is 3.43. The second kappa shape index (κ2) is 11.8. The Kier molecular flexibility index (Phi) is 8.22. The third-order valence-electron chi connectivity index (χ3n) is 8.77. The molecule has 1 aliphatic carbocycles. The smallest absolute Gasteiger partial charge is 0.283 e. The van der Waals surface area contributed by atoms with E-state index in [1.54, 1.807) is 6.07 Å².